The lowest BCUT2D eigenvalue weighted by atomic mass is 9.74. The molecule has 2 aromatic carbocycles. The molecule has 1 spiro atoms. The quantitative estimate of drug-likeness (QED) is 0.293. The van der Waals surface area contributed by atoms with E-state index in [0.717, 1.165) is 58.6 Å². The summed E-state index contributed by atoms with van der Waals surface area (Å²) in [4.78, 5) is 29.7. The molecule has 6 rings (SSSR count). The molecule has 266 valence electrons. The lowest BCUT2D eigenvalue weighted by Gasteiger charge is -2.39. The molecular formula is C39H45F3N4O4. The van der Waals surface area contributed by atoms with E-state index in [4.69, 9.17) is 9.47 Å². The standard InChI is InChI=1S/C39H45F3N4O4/c1-5-46(30-9-16-50-17-10-30)35-21-29(19-31(26(35)3)37(48)43-22-32-34(23-47)44-25(2)18-36(32)49-4)28-7-6-27-8-11-38(33(27)20-28)12-14-45(15-13-38)24-39(40,41)42/h6-8,11,18-21,30,44H,5,9-10,12-17,22,24H2,1-4H3,(H,43,48). The van der Waals surface area contributed by atoms with Crippen LogP contribution in [0, 0.1) is 6.92 Å². The summed E-state index contributed by atoms with van der Waals surface area (Å²) in [6.45, 7) is 7.92. The van der Waals surface area contributed by atoms with Crippen LogP contribution in [-0.4, -0.2) is 82.0 Å². The summed E-state index contributed by atoms with van der Waals surface area (Å²) in [5, 5.41) is 6.03. The molecule has 2 N–H and O–H groups in total. The van der Waals surface area contributed by atoms with Crippen molar-refractivity contribution in [1.82, 2.24) is 15.5 Å². The van der Waals surface area contributed by atoms with Crippen LogP contribution in [0.1, 0.15) is 66.6 Å². The zero-order valence-electron chi connectivity index (χ0n) is 29.1. The molecular weight excluding hydrogens is 645 g/mol. The third kappa shape index (κ3) is 7.26. The zero-order chi connectivity index (χ0) is 35.6. The third-order valence-electron chi connectivity index (χ3n) is 10.6. The Morgan fingerprint density at radius 3 is 2.54 bits per heavy atom. The predicted molar refractivity (Wildman–Crippen MR) is 188 cm³/mol. The van der Waals surface area contributed by atoms with E-state index in [-0.39, 0.29) is 29.6 Å². The average Bonchev–Trinajstić information content (AvgIpc) is 3.45. The van der Waals surface area contributed by atoms with Gasteiger partial charge in [0.25, 0.3) is 5.91 Å². The Bertz CT molecular complexity index is 1780. The molecule has 0 radical (unpaired) electrons. The summed E-state index contributed by atoms with van der Waals surface area (Å²) in [5.74, 6) is 2.12. The molecule has 3 aliphatic heterocycles. The van der Waals surface area contributed by atoms with Gasteiger partial charge in [0, 0.05) is 60.3 Å². The first-order chi connectivity index (χ1) is 23.9. The van der Waals surface area contributed by atoms with Crippen molar-refractivity contribution in [2.75, 3.05) is 57.9 Å². The fourth-order valence-electron chi connectivity index (χ4n) is 7.90. The zero-order valence-corrected chi connectivity index (χ0v) is 29.1. The number of allylic oxidation sites excluding steroid dienone is 3. The van der Waals surface area contributed by atoms with Gasteiger partial charge in [-0.25, -0.2) is 4.79 Å². The highest BCUT2D eigenvalue weighted by Crippen LogP contribution is 2.46. The topological polar surface area (TPSA) is 83.1 Å². The van der Waals surface area contributed by atoms with Crippen molar-refractivity contribution in [2.45, 2.75) is 64.1 Å². The number of hydrogen-bond donors (Lipinski definition) is 2. The minimum absolute atomic E-state index is 0.0538. The van der Waals surface area contributed by atoms with Gasteiger partial charge in [-0.1, -0.05) is 24.3 Å². The number of methoxy groups -OCH3 is 1. The van der Waals surface area contributed by atoms with Gasteiger partial charge < -0.3 is 25.0 Å². The number of benzene rings is 2. The Hall–Kier alpha value is -4.31. The first kappa shape index (κ1) is 35.5. The van der Waals surface area contributed by atoms with E-state index in [1.807, 2.05) is 25.9 Å². The number of likely N-dealkylation sites (tertiary alicyclic amines) is 1. The second-order valence-electron chi connectivity index (χ2n) is 13.6. The summed E-state index contributed by atoms with van der Waals surface area (Å²) in [6, 6.07) is 10.6. The number of amides is 1. The Morgan fingerprint density at radius 1 is 1.14 bits per heavy atom. The maximum Gasteiger partial charge on any atom is 0.401 e. The van der Waals surface area contributed by atoms with Crippen molar-refractivity contribution in [3.63, 3.8) is 0 Å². The Morgan fingerprint density at radius 2 is 1.88 bits per heavy atom. The third-order valence-corrected chi connectivity index (χ3v) is 10.6. The van der Waals surface area contributed by atoms with Gasteiger partial charge in [0.05, 0.1) is 13.7 Å². The van der Waals surface area contributed by atoms with Crippen LogP contribution in [-0.2, 0) is 19.7 Å². The van der Waals surface area contributed by atoms with E-state index in [2.05, 4.69) is 58.9 Å². The van der Waals surface area contributed by atoms with E-state index < -0.39 is 12.7 Å². The minimum atomic E-state index is -4.22. The number of nitrogens with zero attached hydrogens (tertiary/aromatic N) is 2. The van der Waals surface area contributed by atoms with E-state index >= 15 is 0 Å². The molecule has 0 atom stereocenters. The number of halogens is 3. The van der Waals surface area contributed by atoms with Crippen LogP contribution >= 0.6 is 0 Å². The molecule has 1 amide bonds. The van der Waals surface area contributed by atoms with E-state index in [0.29, 0.717) is 56.0 Å². The number of carbonyl (C=O) groups is 1. The molecule has 2 saturated heterocycles. The van der Waals surface area contributed by atoms with Crippen LogP contribution in [0.2, 0.25) is 0 Å². The Balaban J connectivity index is 1.36. The second kappa shape index (κ2) is 14.5. The lowest BCUT2D eigenvalue weighted by molar-refractivity contribution is -0.148. The fraction of sp³-hybridized carbons (Fsp3) is 0.462. The smallest absolute Gasteiger partial charge is 0.401 e. The largest absolute Gasteiger partial charge is 0.496 e. The molecule has 2 aromatic rings. The molecule has 8 nitrogen and oxygen atoms in total. The first-order valence-corrected chi connectivity index (χ1v) is 17.3. The predicted octanol–water partition coefficient (Wildman–Crippen LogP) is 6.44. The second-order valence-corrected chi connectivity index (χ2v) is 13.6. The van der Waals surface area contributed by atoms with Gasteiger partial charge in [-0.3, -0.25) is 9.69 Å². The van der Waals surface area contributed by atoms with Crippen molar-refractivity contribution in [2.24, 2.45) is 0 Å². The number of fused-ring (bicyclic) bond motifs is 2. The normalized spacial score (nSPS) is 19.2. The van der Waals surface area contributed by atoms with Gasteiger partial charge in [0.15, 0.2) is 5.94 Å². The molecule has 0 saturated carbocycles. The summed E-state index contributed by atoms with van der Waals surface area (Å²) >= 11 is 0. The van der Waals surface area contributed by atoms with Crippen LogP contribution in [0.3, 0.4) is 0 Å². The first-order valence-electron chi connectivity index (χ1n) is 17.3. The van der Waals surface area contributed by atoms with Crippen molar-refractivity contribution in [3.8, 4) is 11.1 Å². The van der Waals surface area contributed by atoms with Gasteiger partial charge in [-0.15, -0.1) is 0 Å². The van der Waals surface area contributed by atoms with Gasteiger partial charge in [-0.05, 0) is 112 Å². The highest BCUT2D eigenvalue weighted by molar-refractivity contribution is 5.99. The Kier molecular flexibility index (Phi) is 10.3. The van der Waals surface area contributed by atoms with Gasteiger partial charge in [-0.2, -0.15) is 13.2 Å². The van der Waals surface area contributed by atoms with Crippen molar-refractivity contribution < 1.29 is 32.2 Å². The van der Waals surface area contributed by atoms with Crippen molar-refractivity contribution in [1.29, 1.82) is 0 Å². The maximum absolute atomic E-state index is 14.1. The number of dihydropyridines is 1. The number of alkyl halides is 3. The summed E-state index contributed by atoms with van der Waals surface area (Å²) in [7, 11) is 1.52. The lowest BCUT2D eigenvalue weighted by Crippen LogP contribution is -2.44. The highest BCUT2D eigenvalue weighted by atomic mass is 19.4. The number of hydrogen-bond acceptors (Lipinski definition) is 7. The number of nitrogens with one attached hydrogen (secondary N) is 2. The number of anilines is 1. The van der Waals surface area contributed by atoms with Crippen LogP contribution in [0.15, 0.2) is 65.2 Å². The van der Waals surface area contributed by atoms with Gasteiger partial charge >= 0.3 is 6.18 Å². The van der Waals surface area contributed by atoms with Crippen LogP contribution < -0.4 is 15.5 Å². The van der Waals surface area contributed by atoms with Crippen molar-refractivity contribution in [3.05, 3.63) is 87.5 Å². The number of piperidine rings is 1. The van der Waals surface area contributed by atoms with Gasteiger partial charge in [0.1, 0.15) is 11.5 Å². The molecule has 3 heterocycles. The Labute approximate surface area is 291 Å². The van der Waals surface area contributed by atoms with Crippen LogP contribution in [0.25, 0.3) is 17.2 Å². The monoisotopic (exact) mass is 690 g/mol. The molecule has 1 aliphatic carbocycles. The minimum Gasteiger partial charge on any atom is -0.496 e. The molecule has 50 heavy (non-hydrogen) atoms. The molecule has 0 unspecified atom stereocenters. The van der Waals surface area contributed by atoms with Crippen LogP contribution in [0.4, 0.5) is 18.9 Å². The molecule has 2 fully saturated rings. The average molecular weight is 691 g/mol. The maximum atomic E-state index is 14.1. The SMILES string of the molecule is CCN(c1cc(-c2ccc3c(c2)C2(C=C3)CCN(CC(F)(F)F)CC2)cc(C(=O)NCC2=C(OC)C=C(C)NC2=C=O)c1C)C1CCOCC1. The molecule has 11 heteroatoms. The summed E-state index contributed by atoms with van der Waals surface area (Å²) in [5.41, 5.74) is 7.48. The summed E-state index contributed by atoms with van der Waals surface area (Å²) < 4.78 is 50.6. The molecule has 0 bridgehead atoms. The van der Waals surface area contributed by atoms with E-state index in [1.54, 1.807) is 6.08 Å². The highest BCUT2D eigenvalue weighted by Gasteiger charge is 2.41. The van der Waals surface area contributed by atoms with Gasteiger partial charge in [0.2, 0.25) is 0 Å². The fourth-order valence-corrected chi connectivity index (χ4v) is 7.90. The number of carbonyl (C=O) groups excluding carboxylic acids is 2. The number of rotatable bonds is 9. The number of ether oxygens (including phenoxy) is 2. The molecule has 4 aliphatic rings. The van der Waals surface area contributed by atoms with E-state index in [9.17, 15) is 22.8 Å². The van der Waals surface area contributed by atoms with Crippen LogP contribution in [0.5, 0.6) is 0 Å². The summed E-state index contributed by atoms with van der Waals surface area (Å²) in [6.07, 6.45) is 4.78. The van der Waals surface area contributed by atoms with E-state index in [1.165, 1.54) is 12.0 Å². The van der Waals surface area contributed by atoms with Crippen molar-refractivity contribution >= 4 is 23.6 Å². The molecule has 0 aromatic heterocycles.